The van der Waals surface area contributed by atoms with E-state index in [-0.39, 0.29) is 6.61 Å². The predicted molar refractivity (Wildman–Crippen MR) is 113 cm³/mol. The van der Waals surface area contributed by atoms with Crippen molar-refractivity contribution in [3.8, 4) is 6.07 Å². The van der Waals surface area contributed by atoms with Gasteiger partial charge in [0.05, 0.1) is 12.2 Å². The van der Waals surface area contributed by atoms with Crippen molar-refractivity contribution in [1.29, 1.82) is 5.26 Å². The average molecular weight is 389 g/mol. The molecule has 0 aromatic carbocycles. The molecule has 1 aliphatic rings. The summed E-state index contributed by atoms with van der Waals surface area (Å²) in [6, 6.07) is 5.76. The number of hydrogen-bond acceptors (Lipinski definition) is 8. The summed E-state index contributed by atoms with van der Waals surface area (Å²) in [5, 5.41) is 17.9. The fraction of sp³-hybridized carbons (Fsp3) is 0.421. The molecule has 7 nitrogen and oxygen atoms in total. The molecule has 1 aromatic rings. The van der Waals surface area contributed by atoms with Gasteiger partial charge in [0, 0.05) is 50.2 Å². The maximum Gasteiger partial charge on any atom is 0.136 e. The van der Waals surface area contributed by atoms with E-state index in [4.69, 9.17) is 10.4 Å². The quantitative estimate of drug-likeness (QED) is 0.422. The second kappa shape index (κ2) is 12.9. The van der Waals surface area contributed by atoms with Gasteiger partial charge in [-0.2, -0.15) is 5.26 Å². The Kier molecular flexibility index (Phi) is 10.9. The smallest absolute Gasteiger partial charge is 0.136 e. The molecule has 0 radical (unpaired) electrons. The van der Waals surface area contributed by atoms with Gasteiger partial charge in [-0.1, -0.05) is 26.5 Å². The van der Waals surface area contributed by atoms with Crippen molar-refractivity contribution in [3.05, 3.63) is 48.4 Å². The van der Waals surface area contributed by atoms with Gasteiger partial charge < -0.3 is 14.7 Å². The van der Waals surface area contributed by atoms with Crippen LogP contribution in [0.5, 0.6) is 0 Å². The lowest BCUT2D eigenvalue weighted by atomic mass is 10.3. The maximum absolute atomic E-state index is 9.08. The van der Waals surface area contributed by atoms with Crippen LogP contribution in [0.25, 0.3) is 0 Å². The Morgan fingerprint density at radius 3 is 2.63 bits per heavy atom. The van der Waals surface area contributed by atoms with Crippen molar-refractivity contribution in [2.75, 3.05) is 37.7 Å². The second-order valence-electron chi connectivity index (χ2n) is 5.42. The largest absolute Gasteiger partial charge is 0.390 e. The lowest BCUT2D eigenvalue weighted by Crippen LogP contribution is -2.44. The van der Waals surface area contributed by atoms with Gasteiger partial charge in [0.2, 0.25) is 0 Å². The summed E-state index contributed by atoms with van der Waals surface area (Å²) in [4.78, 5) is 10.8. The molecule has 1 fully saturated rings. The van der Waals surface area contributed by atoms with Crippen LogP contribution < -0.4 is 9.62 Å². The van der Waals surface area contributed by atoms with E-state index >= 15 is 0 Å². The topological polar surface area (TPSA) is 87.8 Å². The molecule has 0 unspecified atom stereocenters. The van der Waals surface area contributed by atoms with Crippen LogP contribution in [0.4, 0.5) is 5.82 Å². The number of rotatable bonds is 7. The monoisotopic (exact) mass is 388 g/mol. The van der Waals surface area contributed by atoms with E-state index in [2.05, 4.69) is 36.6 Å². The molecule has 8 heteroatoms. The average Bonchev–Trinajstić information content (AvgIpc) is 2.74. The lowest BCUT2D eigenvalue weighted by molar-refractivity contribution is 0.356. The highest BCUT2D eigenvalue weighted by molar-refractivity contribution is 7.95. The van der Waals surface area contributed by atoms with Gasteiger partial charge in [-0.3, -0.25) is 0 Å². The van der Waals surface area contributed by atoms with Gasteiger partial charge in [-0.05, 0) is 25.1 Å². The molecule has 0 spiro atoms. The number of allylic oxidation sites excluding steroid dienone is 2. The Hall–Kier alpha value is -2.34. The Morgan fingerprint density at radius 2 is 2.11 bits per heavy atom. The first-order chi connectivity index (χ1) is 13.2. The number of hydrogen-bond donors (Lipinski definition) is 2. The molecule has 2 N–H and O–H groups in total. The van der Waals surface area contributed by atoms with Gasteiger partial charge >= 0.3 is 0 Å². The SMILES string of the molecule is C=C/C=C(\N=C(/C)CO)NSN1CCN(c2ccc(C#N)cn2)CC1.CC. The summed E-state index contributed by atoms with van der Waals surface area (Å²) in [7, 11) is 0. The number of nitrogens with one attached hydrogen (secondary N) is 1. The molecule has 27 heavy (non-hydrogen) atoms. The summed E-state index contributed by atoms with van der Waals surface area (Å²) in [5.41, 5.74) is 1.21. The fourth-order valence-electron chi connectivity index (χ4n) is 2.21. The first-order valence-electron chi connectivity index (χ1n) is 8.93. The number of aromatic nitrogens is 1. The molecule has 1 aliphatic heterocycles. The molecule has 0 amide bonds. The molecule has 0 saturated carbocycles. The number of nitriles is 1. The molecular formula is C19H28N6OS. The minimum atomic E-state index is -0.0723. The number of aliphatic imine (C=N–C) groups is 1. The molecule has 2 heterocycles. The molecule has 0 atom stereocenters. The van der Waals surface area contributed by atoms with Crippen molar-refractivity contribution in [1.82, 2.24) is 14.0 Å². The highest BCUT2D eigenvalue weighted by atomic mass is 32.2. The standard InChI is InChI=1S/C17H22N6OS.C2H6/c1-3-4-16(20-14(2)13-24)21-25-23-9-7-22(8-10-23)17-6-5-15(11-18)12-19-17;1-2/h3-6,12,21,24H,1,7-10,13H2,2H3;1-2H3/b16-4+,20-14+;. The van der Waals surface area contributed by atoms with Crippen LogP contribution in [-0.2, 0) is 0 Å². The summed E-state index contributed by atoms with van der Waals surface area (Å²) in [5.74, 6) is 1.55. The van der Waals surface area contributed by atoms with Gasteiger partial charge in [0.1, 0.15) is 17.7 Å². The Morgan fingerprint density at radius 1 is 1.41 bits per heavy atom. The molecular weight excluding hydrogens is 360 g/mol. The van der Waals surface area contributed by atoms with Crippen molar-refractivity contribution in [2.45, 2.75) is 20.8 Å². The van der Waals surface area contributed by atoms with Crippen molar-refractivity contribution in [3.63, 3.8) is 0 Å². The van der Waals surface area contributed by atoms with E-state index < -0.39 is 0 Å². The Bertz CT molecular complexity index is 672. The maximum atomic E-state index is 9.08. The normalized spacial score (nSPS) is 15.4. The number of anilines is 1. The van der Waals surface area contributed by atoms with E-state index in [9.17, 15) is 0 Å². The highest BCUT2D eigenvalue weighted by Gasteiger charge is 2.18. The molecule has 0 bridgehead atoms. The van der Waals surface area contributed by atoms with Gasteiger partial charge in [0.15, 0.2) is 0 Å². The van der Waals surface area contributed by atoms with Crippen molar-refractivity contribution >= 4 is 23.7 Å². The third kappa shape index (κ3) is 7.83. The summed E-state index contributed by atoms with van der Waals surface area (Å²) < 4.78 is 5.40. The molecule has 0 aliphatic carbocycles. The van der Waals surface area contributed by atoms with Crippen LogP contribution in [-0.4, -0.2) is 52.9 Å². The zero-order valence-corrected chi connectivity index (χ0v) is 17.0. The molecule has 2 rings (SSSR count). The summed E-state index contributed by atoms with van der Waals surface area (Å²) >= 11 is 1.49. The minimum Gasteiger partial charge on any atom is -0.390 e. The first-order valence-corrected chi connectivity index (χ1v) is 9.70. The molecule has 146 valence electrons. The van der Waals surface area contributed by atoms with Crippen LogP contribution in [0.1, 0.15) is 26.3 Å². The molecule has 1 aromatic heterocycles. The van der Waals surface area contributed by atoms with Gasteiger partial charge in [-0.25, -0.2) is 14.3 Å². The Labute approximate surface area is 166 Å². The zero-order valence-electron chi connectivity index (χ0n) is 16.2. The van der Waals surface area contributed by atoms with E-state index in [0.717, 1.165) is 32.0 Å². The van der Waals surface area contributed by atoms with Crippen LogP contribution >= 0.6 is 12.1 Å². The van der Waals surface area contributed by atoms with E-state index in [0.29, 0.717) is 17.1 Å². The van der Waals surface area contributed by atoms with Crippen LogP contribution in [0, 0.1) is 11.3 Å². The number of nitrogens with zero attached hydrogens (tertiary/aromatic N) is 5. The zero-order chi connectivity index (χ0) is 20.1. The fourth-order valence-corrected chi connectivity index (χ4v) is 2.89. The number of pyridine rings is 1. The van der Waals surface area contributed by atoms with Crippen molar-refractivity contribution in [2.24, 2.45) is 4.99 Å². The van der Waals surface area contributed by atoms with Gasteiger partial charge in [-0.15, -0.1) is 0 Å². The van der Waals surface area contributed by atoms with Crippen LogP contribution in [0.2, 0.25) is 0 Å². The first kappa shape index (κ1) is 22.7. The lowest BCUT2D eigenvalue weighted by Gasteiger charge is -2.34. The van der Waals surface area contributed by atoms with Crippen molar-refractivity contribution < 1.29 is 5.11 Å². The van der Waals surface area contributed by atoms with E-state index in [1.165, 1.54) is 12.1 Å². The van der Waals surface area contributed by atoms with E-state index in [1.807, 2.05) is 19.9 Å². The second-order valence-corrected chi connectivity index (χ2v) is 6.32. The highest BCUT2D eigenvalue weighted by Crippen LogP contribution is 2.17. The van der Waals surface area contributed by atoms with Crippen LogP contribution in [0.15, 0.2) is 47.9 Å². The number of aliphatic hydroxyl groups is 1. The summed E-state index contributed by atoms with van der Waals surface area (Å²) in [6.45, 7) is 12.8. The minimum absolute atomic E-state index is 0.0723. The third-order valence-corrected chi connectivity index (χ3v) is 4.46. The number of piperazine rings is 1. The number of aliphatic hydroxyl groups excluding tert-OH is 1. The third-order valence-electron chi connectivity index (χ3n) is 3.53. The molecule has 1 saturated heterocycles. The summed E-state index contributed by atoms with van der Waals surface area (Å²) in [6.07, 6.45) is 5.03. The van der Waals surface area contributed by atoms with E-state index in [1.54, 1.807) is 31.3 Å². The Balaban J connectivity index is 0.00000176. The van der Waals surface area contributed by atoms with Gasteiger partial charge in [0.25, 0.3) is 0 Å². The predicted octanol–water partition coefficient (Wildman–Crippen LogP) is 2.73. The van der Waals surface area contributed by atoms with Crippen LogP contribution in [0.3, 0.4) is 0 Å².